The quantitative estimate of drug-likeness (QED) is 0.658. The molecule has 0 saturated carbocycles. The van der Waals surface area contributed by atoms with Crippen LogP contribution in [0.2, 0.25) is 0 Å². The molecule has 1 amide bonds. The Bertz CT molecular complexity index is 1140. The minimum absolute atomic E-state index is 0.00156. The highest BCUT2D eigenvalue weighted by molar-refractivity contribution is 7.89. The molecule has 0 radical (unpaired) electrons. The van der Waals surface area contributed by atoms with Crippen molar-refractivity contribution in [3.63, 3.8) is 0 Å². The van der Waals surface area contributed by atoms with Crippen LogP contribution < -0.4 is 5.32 Å². The van der Waals surface area contributed by atoms with Crippen LogP contribution in [0.1, 0.15) is 5.89 Å². The fourth-order valence-corrected chi connectivity index (χ4v) is 4.73. The van der Waals surface area contributed by atoms with Gasteiger partial charge in [-0.15, -0.1) is 0 Å². The monoisotopic (exact) mass is 417 g/mol. The number of hydrogen-bond acceptors (Lipinski definition) is 7. The predicted octanol–water partition coefficient (Wildman–Crippen LogP) is 1.00. The van der Waals surface area contributed by atoms with Crippen LogP contribution in [-0.2, 0) is 21.2 Å². The molecular weight excluding hydrogens is 401 g/mol. The number of carbonyl (C=O) groups excluding carboxylic acids is 1. The minimum atomic E-state index is -4.24. The first-order chi connectivity index (χ1) is 14.0. The topological polar surface area (TPSA) is 118 Å². The summed E-state index contributed by atoms with van der Waals surface area (Å²) in [5.41, 5.74) is 0.666. The van der Waals surface area contributed by atoms with E-state index in [0.717, 1.165) is 10.4 Å². The number of nitrogens with one attached hydrogen (secondary N) is 1. The van der Waals surface area contributed by atoms with Gasteiger partial charge in [-0.2, -0.15) is 9.29 Å². The zero-order chi connectivity index (χ0) is 20.4. The molecule has 1 N–H and O–H groups in total. The van der Waals surface area contributed by atoms with Crippen molar-refractivity contribution in [3.8, 4) is 11.4 Å². The molecule has 150 valence electrons. The van der Waals surface area contributed by atoms with Crippen LogP contribution in [0.5, 0.6) is 0 Å². The van der Waals surface area contributed by atoms with Crippen molar-refractivity contribution in [3.05, 3.63) is 60.5 Å². The van der Waals surface area contributed by atoms with E-state index in [1.54, 1.807) is 24.5 Å². The SMILES string of the molecule is O=C1NCCN(S(=O)(=O)c2ccccc2F)C1Cc1nc(-c2ccncc2)no1. The summed E-state index contributed by atoms with van der Waals surface area (Å²) in [5, 5.41) is 6.48. The molecule has 11 heteroatoms. The summed E-state index contributed by atoms with van der Waals surface area (Å²) in [6.45, 7) is 0.119. The lowest BCUT2D eigenvalue weighted by Crippen LogP contribution is -2.58. The first-order valence-electron chi connectivity index (χ1n) is 8.74. The number of benzene rings is 1. The van der Waals surface area contributed by atoms with Gasteiger partial charge in [-0.25, -0.2) is 12.8 Å². The van der Waals surface area contributed by atoms with E-state index < -0.39 is 32.7 Å². The van der Waals surface area contributed by atoms with E-state index in [0.29, 0.717) is 11.4 Å². The lowest BCUT2D eigenvalue weighted by molar-refractivity contribution is -0.126. The molecule has 0 spiro atoms. The van der Waals surface area contributed by atoms with Crippen LogP contribution in [0.3, 0.4) is 0 Å². The van der Waals surface area contributed by atoms with E-state index in [-0.39, 0.29) is 25.4 Å². The number of amides is 1. The molecule has 1 fully saturated rings. The maximum Gasteiger partial charge on any atom is 0.246 e. The summed E-state index contributed by atoms with van der Waals surface area (Å²) in [6.07, 6.45) is 3.00. The van der Waals surface area contributed by atoms with E-state index in [2.05, 4.69) is 20.4 Å². The largest absolute Gasteiger partial charge is 0.353 e. The molecule has 0 bridgehead atoms. The summed E-state index contributed by atoms with van der Waals surface area (Å²) in [5.74, 6) is -1.01. The van der Waals surface area contributed by atoms with E-state index in [1.807, 2.05) is 0 Å². The van der Waals surface area contributed by atoms with Crippen LogP contribution >= 0.6 is 0 Å². The van der Waals surface area contributed by atoms with Crippen LogP contribution in [0.25, 0.3) is 11.4 Å². The van der Waals surface area contributed by atoms with Gasteiger partial charge in [0.2, 0.25) is 27.6 Å². The summed E-state index contributed by atoms with van der Waals surface area (Å²) < 4.78 is 46.3. The standard InChI is InChI=1S/C18H16FN5O4S/c19-13-3-1-2-4-15(13)29(26,27)24-10-9-21-18(25)14(24)11-16-22-17(23-28-16)12-5-7-20-8-6-12/h1-8,14H,9-11H2,(H,21,25). The summed E-state index contributed by atoms with van der Waals surface area (Å²) in [4.78, 5) is 20.1. The molecule has 3 aromatic rings. The van der Waals surface area contributed by atoms with Crippen molar-refractivity contribution in [1.82, 2.24) is 24.7 Å². The highest BCUT2D eigenvalue weighted by Gasteiger charge is 2.40. The third kappa shape index (κ3) is 3.74. The highest BCUT2D eigenvalue weighted by atomic mass is 32.2. The van der Waals surface area contributed by atoms with Gasteiger partial charge in [0.05, 0.1) is 6.42 Å². The number of carbonyl (C=O) groups is 1. The van der Waals surface area contributed by atoms with E-state index in [1.165, 1.54) is 18.2 Å². The number of nitrogens with zero attached hydrogens (tertiary/aromatic N) is 4. The average molecular weight is 417 g/mol. The second-order valence-electron chi connectivity index (χ2n) is 6.30. The van der Waals surface area contributed by atoms with Gasteiger partial charge < -0.3 is 9.84 Å². The first-order valence-corrected chi connectivity index (χ1v) is 10.2. The van der Waals surface area contributed by atoms with Crippen LogP contribution in [0, 0.1) is 5.82 Å². The van der Waals surface area contributed by atoms with Gasteiger partial charge >= 0.3 is 0 Å². The molecule has 4 rings (SSSR count). The predicted molar refractivity (Wildman–Crippen MR) is 98.3 cm³/mol. The Kier molecular flexibility index (Phi) is 5.07. The van der Waals surface area contributed by atoms with Gasteiger partial charge in [0, 0.05) is 31.0 Å². The minimum Gasteiger partial charge on any atom is -0.353 e. The molecule has 1 aliphatic rings. The fraction of sp³-hybridized carbons (Fsp3) is 0.222. The van der Waals surface area contributed by atoms with Gasteiger partial charge in [-0.05, 0) is 24.3 Å². The number of sulfonamides is 1. The third-order valence-corrected chi connectivity index (χ3v) is 6.42. The summed E-state index contributed by atoms with van der Waals surface area (Å²) in [6, 6.07) is 7.29. The van der Waals surface area contributed by atoms with Gasteiger partial charge in [-0.1, -0.05) is 17.3 Å². The van der Waals surface area contributed by atoms with Crippen LogP contribution in [0.15, 0.2) is 58.2 Å². The first kappa shape index (κ1) is 19.2. The Hall–Kier alpha value is -3.18. The van der Waals surface area contributed by atoms with E-state index >= 15 is 0 Å². The van der Waals surface area contributed by atoms with Crippen molar-refractivity contribution in [2.45, 2.75) is 17.4 Å². The maximum atomic E-state index is 14.1. The molecule has 1 saturated heterocycles. The molecule has 9 nitrogen and oxygen atoms in total. The zero-order valence-corrected chi connectivity index (χ0v) is 15.8. The molecular formula is C18H16FN5O4S. The van der Waals surface area contributed by atoms with Gasteiger partial charge in [-0.3, -0.25) is 9.78 Å². The van der Waals surface area contributed by atoms with Gasteiger partial charge in [0.15, 0.2) is 0 Å². The molecule has 2 aromatic heterocycles. The molecule has 1 aliphatic heterocycles. The molecule has 29 heavy (non-hydrogen) atoms. The number of rotatable bonds is 5. The molecule has 1 unspecified atom stereocenters. The Morgan fingerprint density at radius 3 is 2.72 bits per heavy atom. The third-order valence-electron chi connectivity index (χ3n) is 4.48. The van der Waals surface area contributed by atoms with Gasteiger partial charge in [0.25, 0.3) is 0 Å². The zero-order valence-electron chi connectivity index (χ0n) is 15.0. The van der Waals surface area contributed by atoms with Crippen LogP contribution in [-0.4, -0.2) is 52.9 Å². The number of pyridine rings is 1. The lowest BCUT2D eigenvalue weighted by atomic mass is 10.1. The van der Waals surface area contributed by atoms with E-state index in [4.69, 9.17) is 4.52 Å². The smallest absolute Gasteiger partial charge is 0.246 e. The molecule has 1 aromatic carbocycles. The highest BCUT2D eigenvalue weighted by Crippen LogP contribution is 2.24. The second-order valence-corrected chi connectivity index (χ2v) is 8.16. The normalized spacial score (nSPS) is 17.8. The van der Waals surface area contributed by atoms with E-state index in [9.17, 15) is 17.6 Å². The number of halogens is 1. The van der Waals surface area contributed by atoms with Crippen molar-refractivity contribution in [1.29, 1.82) is 0 Å². The molecule has 1 atom stereocenters. The Labute approximate surface area is 165 Å². The maximum absolute atomic E-state index is 14.1. The van der Waals surface area contributed by atoms with Crippen molar-refractivity contribution in [2.75, 3.05) is 13.1 Å². The Morgan fingerprint density at radius 1 is 1.21 bits per heavy atom. The molecule has 3 heterocycles. The van der Waals surface area contributed by atoms with Crippen LogP contribution in [0.4, 0.5) is 4.39 Å². The number of hydrogen-bond donors (Lipinski definition) is 1. The Balaban J connectivity index is 1.63. The van der Waals surface area contributed by atoms with Crippen molar-refractivity contribution < 1.29 is 22.1 Å². The average Bonchev–Trinajstić information content (AvgIpc) is 3.19. The number of piperazine rings is 1. The van der Waals surface area contributed by atoms with Gasteiger partial charge in [0.1, 0.15) is 16.8 Å². The number of aromatic nitrogens is 3. The molecule has 0 aliphatic carbocycles. The Morgan fingerprint density at radius 2 is 1.97 bits per heavy atom. The second kappa shape index (κ2) is 7.68. The summed E-state index contributed by atoms with van der Waals surface area (Å²) in [7, 11) is -4.24. The lowest BCUT2D eigenvalue weighted by Gasteiger charge is -2.33. The fourth-order valence-electron chi connectivity index (χ4n) is 3.08. The summed E-state index contributed by atoms with van der Waals surface area (Å²) >= 11 is 0. The van der Waals surface area contributed by atoms with Crippen molar-refractivity contribution in [2.24, 2.45) is 0 Å². The van der Waals surface area contributed by atoms with Crippen molar-refractivity contribution >= 4 is 15.9 Å².